The van der Waals surface area contributed by atoms with Crippen molar-refractivity contribution in [3.8, 4) is 0 Å². The Hall–Kier alpha value is -3.10. The second-order valence-electron chi connectivity index (χ2n) is 9.95. The van der Waals surface area contributed by atoms with Gasteiger partial charge in [-0.05, 0) is 51.5 Å². The van der Waals surface area contributed by atoms with E-state index in [9.17, 15) is 19.2 Å². The SMILES string of the molecule is CCC(C)C(NC(=O)OC(C)(C)C)C(=O)N(C1CCC1)C(C(=O)NCC(=O)OC)c1ccccc1. The lowest BCUT2D eigenvalue weighted by Crippen LogP contribution is -2.59. The second-order valence-corrected chi connectivity index (χ2v) is 9.95. The molecule has 9 heteroatoms. The highest BCUT2D eigenvalue weighted by Gasteiger charge is 2.43. The van der Waals surface area contributed by atoms with Crippen LogP contribution < -0.4 is 10.6 Å². The molecule has 2 rings (SSSR count). The van der Waals surface area contributed by atoms with Gasteiger partial charge in [-0.2, -0.15) is 0 Å². The Morgan fingerprint density at radius 2 is 1.74 bits per heavy atom. The molecule has 35 heavy (non-hydrogen) atoms. The quantitative estimate of drug-likeness (QED) is 0.487. The predicted molar refractivity (Wildman–Crippen MR) is 131 cm³/mol. The van der Waals surface area contributed by atoms with E-state index in [0.717, 1.165) is 19.3 Å². The highest BCUT2D eigenvalue weighted by molar-refractivity contribution is 5.93. The fraction of sp³-hybridized carbons (Fsp3) is 0.615. The van der Waals surface area contributed by atoms with Gasteiger partial charge in [0, 0.05) is 6.04 Å². The number of methoxy groups -OCH3 is 1. The van der Waals surface area contributed by atoms with Crippen LogP contribution in [-0.2, 0) is 23.9 Å². The summed E-state index contributed by atoms with van der Waals surface area (Å²) < 4.78 is 10.1. The van der Waals surface area contributed by atoms with Gasteiger partial charge in [0.2, 0.25) is 11.8 Å². The molecule has 0 saturated heterocycles. The van der Waals surface area contributed by atoms with Crippen LogP contribution in [0.15, 0.2) is 30.3 Å². The number of hydrogen-bond donors (Lipinski definition) is 2. The molecular formula is C26H39N3O6. The van der Waals surface area contributed by atoms with E-state index in [1.54, 1.807) is 49.9 Å². The summed E-state index contributed by atoms with van der Waals surface area (Å²) in [6.45, 7) is 8.77. The molecule has 3 atom stereocenters. The number of hydrogen-bond acceptors (Lipinski definition) is 6. The standard InChI is InChI=1S/C26H39N3O6/c1-7-17(2)21(28-25(33)35-26(3,4)5)24(32)29(19-14-11-15-19)22(18-12-9-8-10-13-18)23(31)27-16-20(30)34-6/h8-10,12-13,17,19,21-22H,7,11,14-16H2,1-6H3,(H,27,31)(H,28,33). The number of esters is 1. The molecule has 0 bridgehead atoms. The molecule has 0 spiro atoms. The lowest BCUT2D eigenvalue weighted by molar-refractivity contribution is -0.149. The van der Waals surface area contributed by atoms with Crippen molar-refractivity contribution in [2.45, 2.75) is 84.0 Å². The van der Waals surface area contributed by atoms with Crippen molar-refractivity contribution in [1.29, 1.82) is 0 Å². The molecule has 9 nitrogen and oxygen atoms in total. The fourth-order valence-corrected chi connectivity index (χ4v) is 3.86. The van der Waals surface area contributed by atoms with Crippen LogP contribution >= 0.6 is 0 Å². The number of nitrogens with one attached hydrogen (secondary N) is 2. The lowest BCUT2D eigenvalue weighted by atomic mass is 9.86. The zero-order valence-electron chi connectivity index (χ0n) is 21.6. The first-order chi connectivity index (χ1) is 16.5. The molecular weight excluding hydrogens is 450 g/mol. The molecule has 1 aliphatic carbocycles. The number of amides is 3. The molecule has 0 radical (unpaired) electrons. The number of benzene rings is 1. The number of rotatable bonds is 10. The normalized spacial score (nSPS) is 16.2. The van der Waals surface area contributed by atoms with Gasteiger partial charge in [-0.3, -0.25) is 14.4 Å². The van der Waals surface area contributed by atoms with Gasteiger partial charge < -0.3 is 25.0 Å². The Bertz CT molecular complexity index is 879. The summed E-state index contributed by atoms with van der Waals surface area (Å²) >= 11 is 0. The molecule has 0 aromatic heterocycles. The number of alkyl carbamates (subject to hydrolysis) is 1. The average Bonchev–Trinajstić information content (AvgIpc) is 2.77. The molecule has 194 valence electrons. The minimum atomic E-state index is -0.967. The maximum Gasteiger partial charge on any atom is 0.408 e. The smallest absolute Gasteiger partial charge is 0.408 e. The molecule has 1 aliphatic rings. The van der Waals surface area contributed by atoms with Crippen LogP contribution in [0, 0.1) is 5.92 Å². The topological polar surface area (TPSA) is 114 Å². The summed E-state index contributed by atoms with van der Waals surface area (Å²) in [7, 11) is 1.24. The summed E-state index contributed by atoms with van der Waals surface area (Å²) in [5.41, 5.74) is -0.100. The second kappa shape index (κ2) is 12.6. The van der Waals surface area contributed by atoms with E-state index in [1.807, 2.05) is 19.9 Å². The zero-order chi connectivity index (χ0) is 26.2. The van der Waals surface area contributed by atoms with E-state index < -0.39 is 35.7 Å². The number of carbonyl (C=O) groups excluding carboxylic acids is 4. The third-order valence-corrected chi connectivity index (χ3v) is 6.15. The first-order valence-corrected chi connectivity index (χ1v) is 12.2. The van der Waals surface area contributed by atoms with Crippen molar-refractivity contribution in [3.05, 3.63) is 35.9 Å². The molecule has 2 N–H and O–H groups in total. The van der Waals surface area contributed by atoms with Crippen molar-refractivity contribution >= 4 is 23.9 Å². The number of ether oxygens (including phenoxy) is 2. The van der Waals surface area contributed by atoms with Crippen molar-refractivity contribution in [2.75, 3.05) is 13.7 Å². The van der Waals surface area contributed by atoms with Crippen LogP contribution in [0.3, 0.4) is 0 Å². The van der Waals surface area contributed by atoms with E-state index >= 15 is 0 Å². The predicted octanol–water partition coefficient (Wildman–Crippen LogP) is 3.34. The number of nitrogens with zero attached hydrogens (tertiary/aromatic N) is 1. The monoisotopic (exact) mass is 489 g/mol. The maximum atomic E-state index is 14.1. The van der Waals surface area contributed by atoms with Crippen LogP contribution in [0.25, 0.3) is 0 Å². The van der Waals surface area contributed by atoms with E-state index in [2.05, 4.69) is 15.4 Å². The van der Waals surface area contributed by atoms with Gasteiger partial charge in [-0.25, -0.2) is 4.79 Å². The van der Waals surface area contributed by atoms with Gasteiger partial charge in [0.1, 0.15) is 24.2 Å². The highest BCUT2D eigenvalue weighted by atomic mass is 16.6. The summed E-state index contributed by atoms with van der Waals surface area (Å²) in [6, 6.07) is 6.97. The van der Waals surface area contributed by atoms with Crippen molar-refractivity contribution < 1.29 is 28.7 Å². The number of carbonyl (C=O) groups is 4. The van der Waals surface area contributed by atoms with Gasteiger partial charge >= 0.3 is 12.1 Å². The van der Waals surface area contributed by atoms with E-state index in [-0.39, 0.29) is 24.4 Å². The first kappa shape index (κ1) is 28.1. The molecule has 1 aromatic rings. The highest BCUT2D eigenvalue weighted by Crippen LogP contribution is 2.34. The van der Waals surface area contributed by atoms with Crippen LogP contribution in [0.5, 0.6) is 0 Å². The molecule has 3 amide bonds. The van der Waals surface area contributed by atoms with Gasteiger partial charge in [0.25, 0.3) is 0 Å². The van der Waals surface area contributed by atoms with E-state index in [1.165, 1.54) is 7.11 Å². The molecule has 0 aliphatic heterocycles. The Morgan fingerprint density at radius 1 is 1.11 bits per heavy atom. The van der Waals surface area contributed by atoms with Crippen LogP contribution in [0.4, 0.5) is 4.79 Å². The Kier molecular flexibility index (Phi) is 10.1. The Morgan fingerprint density at radius 3 is 2.23 bits per heavy atom. The molecule has 1 aromatic carbocycles. The summed E-state index contributed by atoms with van der Waals surface area (Å²) in [4.78, 5) is 53.4. The average molecular weight is 490 g/mol. The Labute approximate surface area is 207 Å². The van der Waals surface area contributed by atoms with Gasteiger partial charge in [0.15, 0.2) is 0 Å². The largest absolute Gasteiger partial charge is 0.468 e. The van der Waals surface area contributed by atoms with Crippen LogP contribution in [0.2, 0.25) is 0 Å². The van der Waals surface area contributed by atoms with Gasteiger partial charge in [-0.1, -0.05) is 50.6 Å². The minimum absolute atomic E-state index is 0.163. The van der Waals surface area contributed by atoms with Crippen LogP contribution in [-0.4, -0.2) is 60.1 Å². The maximum absolute atomic E-state index is 14.1. The van der Waals surface area contributed by atoms with Gasteiger partial charge in [0.05, 0.1) is 7.11 Å². The molecule has 1 fully saturated rings. The van der Waals surface area contributed by atoms with E-state index in [4.69, 9.17) is 4.74 Å². The Balaban J connectivity index is 2.44. The fourth-order valence-electron chi connectivity index (χ4n) is 3.86. The summed E-state index contributed by atoms with van der Waals surface area (Å²) in [5, 5.41) is 5.36. The third-order valence-electron chi connectivity index (χ3n) is 6.15. The lowest BCUT2D eigenvalue weighted by Gasteiger charge is -2.44. The zero-order valence-corrected chi connectivity index (χ0v) is 21.6. The molecule has 3 unspecified atom stereocenters. The summed E-state index contributed by atoms with van der Waals surface area (Å²) in [6.07, 6.45) is 2.39. The summed E-state index contributed by atoms with van der Waals surface area (Å²) in [5.74, 6) is -1.62. The third kappa shape index (κ3) is 7.97. The van der Waals surface area contributed by atoms with Crippen molar-refractivity contribution in [3.63, 3.8) is 0 Å². The molecule has 1 saturated carbocycles. The van der Waals surface area contributed by atoms with Gasteiger partial charge in [-0.15, -0.1) is 0 Å². The molecule has 0 heterocycles. The van der Waals surface area contributed by atoms with Crippen LogP contribution in [0.1, 0.15) is 71.9 Å². The van der Waals surface area contributed by atoms with E-state index in [0.29, 0.717) is 12.0 Å². The minimum Gasteiger partial charge on any atom is -0.468 e. The van der Waals surface area contributed by atoms with Crippen molar-refractivity contribution in [2.24, 2.45) is 5.92 Å². The first-order valence-electron chi connectivity index (χ1n) is 12.2. The van der Waals surface area contributed by atoms with Crippen molar-refractivity contribution in [1.82, 2.24) is 15.5 Å².